The van der Waals surface area contributed by atoms with Gasteiger partial charge >= 0.3 is 12.7 Å². The Morgan fingerprint density at radius 3 is 2.51 bits per heavy atom. The first-order valence-electron chi connectivity index (χ1n) is 11.3. The van der Waals surface area contributed by atoms with Crippen LogP contribution in [-0.4, -0.2) is 47.4 Å². The van der Waals surface area contributed by atoms with Crippen molar-refractivity contribution in [2.45, 2.75) is 32.2 Å². The molecule has 0 radical (unpaired) electrons. The van der Waals surface area contributed by atoms with Crippen LogP contribution in [0.3, 0.4) is 0 Å². The fraction of sp³-hybridized carbons (Fsp3) is 0.231. The molecule has 2 heterocycles. The Labute approximate surface area is 211 Å². The lowest BCUT2D eigenvalue weighted by Gasteiger charge is -2.32. The minimum absolute atomic E-state index is 0.111. The van der Waals surface area contributed by atoms with E-state index in [9.17, 15) is 18.4 Å². The molecule has 9 nitrogen and oxygen atoms in total. The van der Waals surface area contributed by atoms with Crippen LogP contribution >= 0.6 is 0 Å². The third-order valence-electron chi connectivity index (χ3n) is 5.70. The van der Waals surface area contributed by atoms with Gasteiger partial charge in [0.15, 0.2) is 17.3 Å². The number of pyridine rings is 1. The monoisotopic (exact) mass is 510 g/mol. The molecule has 0 bridgehead atoms. The van der Waals surface area contributed by atoms with Crippen molar-refractivity contribution in [1.82, 2.24) is 9.99 Å². The average Bonchev–Trinajstić information content (AvgIpc) is 2.92. The molecule has 37 heavy (non-hydrogen) atoms. The van der Waals surface area contributed by atoms with E-state index in [0.29, 0.717) is 34.4 Å². The summed E-state index contributed by atoms with van der Waals surface area (Å²) in [4.78, 5) is 29.3. The third-order valence-corrected chi connectivity index (χ3v) is 5.70. The summed E-state index contributed by atoms with van der Waals surface area (Å²) < 4.78 is 41.0. The SMILES string of the molecule is CCC1OC(=O)N(C(N)c2ccc(C(=O)c3cccnc3)cc2)N=C1c1ccc(OC)c(OC(F)F)c1. The lowest BCUT2D eigenvalue weighted by molar-refractivity contribution is -0.0512. The maximum Gasteiger partial charge on any atom is 0.432 e. The van der Waals surface area contributed by atoms with Crippen molar-refractivity contribution in [3.8, 4) is 11.5 Å². The number of hydrazone groups is 1. The zero-order valence-corrected chi connectivity index (χ0v) is 20.0. The molecule has 1 aliphatic heterocycles. The molecule has 0 aliphatic carbocycles. The molecule has 4 rings (SSSR count). The van der Waals surface area contributed by atoms with Gasteiger partial charge in [0.05, 0.1) is 7.11 Å². The fourth-order valence-corrected chi connectivity index (χ4v) is 3.81. The van der Waals surface area contributed by atoms with Crippen molar-refractivity contribution in [2.75, 3.05) is 7.11 Å². The molecule has 2 atom stereocenters. The Bertz CT molecular complexity index is 1300. The zero-order valence-electron chi connectivity index (χ0n) is 20.0. The van der Waals surface area contributed by atoms with Crippen LogP contribution in [0.25, 0.3) is 0 Å². The highest BCUT2D eigenvalue weighted by Crippen LogP contribution is 2.32. The Morgan fingerprint density at radius 2 is 1.89 bits per heavy atom. The molecular weight excluding hydrogens is 486 g/mol. The number of benzene rings is 2. The summed E-state index contributed by atoms with van der Waals surface area (Å²) in [6, 6.07) is 14.2. The first-order valence-corrected chi connectivity index (χ1v) is 11.3. The van der Waals surface area contributed by atoms with E-state index >= 15 is 0 Å². The first-order chi connectivity index (χ1) is 17.8. The zero-order chi connectivity index (χ0) is 26.5. The number of hydrogen-bond acceptors (Lipinski definition) is 8. The van der Waals surface area contributed by atoms with Crippen molar-refractivity contribution < 1.29 is 32.6 Å². The van der Waals surface area contributed by atoms with Crippen LogP contribution in [-0.2, 0) is 4.74 Å². The van der Waals surface area contributed by atoms with Crippen LogP contribution in [0.2, 0.25) is 0 Å². The summed E-state index contributed by atoms with van der Waals surface area (Å²) in [5.74, 6) is -0.285. The van der Waals surface area contributed by atoms with Gasteiger partial charge in [0, 0.05) is 29.1 Å². The van der Waals surface area contributed by atoms with Crippen molar-refractivity contribution in [2.24, 2.45) is 10.8 Å². The number of alkyl halides is 2. The van der Waals surface area contributed by atoms with Gasteiger partial charge in [-0.2, -0.15) is 18.9 Å². The van der Waals surface area contributed by atoms with Gasteiger partial charge in [0.1, 0.15) is 18.0 Å². The molecule has 2 unspecified atom stereocenters. The van der Waals surface area contributed by atoms with Gasteiger partial charge in [-0.25, -0.2) is 4.79 Å². The highest BCUT2D eigenvalue weighted by atomic mass is 19.3. The number of ether oxygens (including phenoxy) is 3. The summed E-state index contributed by atoms with van der Waals surface area (Å²) in [6.07, 6.45) is 0.892. The van der Waals surface area contributed by atoms with E-state index in [1.165, 1.54) is 25.4 Å². The lowest BCUT2D eigenvalue weighted by Crippen LogP contribution is -2.45. The van der Waals surface area contributed by atoms with Crippen molar-refractivity contribution in [1.29, 1.82) is 0 Å². The molecule has 1 aliphatic rings. The van der Waals surface area contributed by atoms with Gasteiger partial charge in [0.2, 0.25) is 0 Å². The summed E-state index contributed by atoms with van der Waals surface area (Å²) in [7, 11) is 1.33. The van der Waals surface area contributed by atoms with E-state index in [4.69, 9.17) is 15.2 Å². The van der Waals surface area contributed by atoms with E-state index in [2.05, 4.69) is 14.8 Å². The van der Waals surface area contributed by atoms with E-state index in [0.717, 1.165) is 5.01 Å². The number of hydrogen-bond donors (Lipinski definition) is 1. The van der Waals surface area contributed by atoms with Gasteiger partial charge < -0.3 is 19.9 Å². The standard InChI is InChI=1S/C26H24F2N4O5/c1-3-19-22(17-10-11-20(35-2)21(13-17)36-25(27)28)31-32(26(34)37-19)24(29)16-8-6-15(7-9-16)23(33)18-5-4-12-30-14-18/h4-14,19,24-25H,3,29H2,1-2H3. The summed E-state index contributed by atoms with van der Waals surface area (Å²) in [6.45, 7) is -1.27. The molecule has 11 heteroatoms. The predicted molar refractivity (Wildman–Crippen MR) is 130 cm³/mol. The van der Waals surface area contributed by atoms with Crippen LogP contribution in [0.5, 0.6) is 11.5 Å². The second-order valence-electron chi connectivity index (χ2n) is 7.99. The van der Waals surface area contributed by atoms with Crippen molar-refractivity contribution >= 4 is 17.6 Å². The number of halogens is 2. The average molecular weight is 510 g/mol. The van der Waals surface area contributed by atoms with Crippen molar-refractivity contribution in [3.63, 3.8) is 0 Å². The molecule has 0 fully saturated rings. The lowest BCUT2D eigenvalue weighted by atomic mass is 10.0. The number of amides is 1. The number of nitrogens with zero attached hydrogens (tertiary/aromatic N) is 3. The minimum atomic E-state index is -3.06. The Hall–Kier alpha value is -4.38. The summed E-state index contributed by atoms with van der Waals surface area (Å²) in [5.41, 5.74) is 8.40. The normalized spacial score (nSPS) is 16.2. The van der Waals surface area contributed by atoms with Gasteiger partial charge in [-0.1, -0.05) is 31.2 Å². The second kappa shape index (κ2) is 11.1. The van der Waals surface area contributed by atoms with Gasteiger partial charge in [-0.15, -0.1) is 0 Å². The highest BCUT2D eigenvalue weighted by molar-refractivity contribution is 6.09. The summed E-state index contributed by atoms with van der Waals surface area (Å²) >= 11 is 0. The molecule has 0 spiro atoms. The van der Waals surface area contributed by atoms with E-state index < -0.39 is 25.0 Å². The number of aromatic nitrogens is 1. The van der Waals surface area contributed by atoms with Crippen LogP contribution < -0.4 is 15.2 Å². The summed E-state index contributed by atoms with van der Waals surface area (Å²) in [5, 5.41) is 5.40. The number of rotatable bonds is 9. The molecule has 1 amide bonds. The van der Waals surface area contributed by atoms with E-state index in [-0.39, 0.29) is 17.3 Å². The smallest absolute Gasteiger partial charge is 0.432 e. The molecule has 0 saturated carbocycles. The van der Waals surface area contributed by atoms with Gasteiger partial charge in [-0.3, -0.25) is 9.78 Å². The Morgan fingerprint density at radius 1 is 1.14 bits per heavy atom. The predicted octanol–water partition coefficient (Wildman–Crippen LogP) is 4.52. The Balaban J connectivity index is 1.63. The quantitative estimate of drug-likeness (QED) is 0.421. The molecule has 1 aromatic heterocycles. The number of cyclic esters (lactones) is 1. The highest BCUT2D eigenvalue weighted by Gasteiger charge is 2.34. The minimum Gasteiger partial charge on any atom is -0.493 e. The van der Waals surface area contributed by atoms with Crippen LogP contribution in [0, 0.1) is 0 Å². The van der Waals surface area contributed by atoms with Crippen LogP contribution in [0.15, 0.2) is 72.1 Å². The number of methoxy groups -OCH3 is 1. The third kappa shape index (κ3) is 5.56. The topological polar surface area (TPSA) is 116 Å². The van der Waals surface area contributed by atoms with Crippen molar-refractivity contribution in [3.05, 3.63) is 89.2 Å². The molecule has 2 aromatic carbocycles. The molecular formula is C26H24F2N4O5. The second-order valence-corrected chi connectivity index (χ2v) is 7.99. The molecule has 2 N–H and O–H groups in total. The van der Waals surface area contributed by atoms with Crippen LogP contribution in [0.1, 0.15) is 46.6 Å². The number of carbonyl (C=O) groups is 2. The molecule has 0 saturated heterocycles. The largest absolute Gasteiger partial charge is 0.493 e. The van der Waals surface area contributed by atoms with Gasteiger partial charge in [-0.05, 0) is 42.3 Å². The first kappa shape index (κ1) is 25.7. The molecule has 192 valence electrons. The maximum absolute atomic E-state index is 12.9. The Kier molecular flexibility index (Phi) is 7.73. The van der Waals surface area contributed by atoms with Crippen LogP contribution in [0.4, 0.5) is 13.6 Å². The number of ketones is 1. The maximum atomic E-state index is 12.9. The van der Waals surface area contributed by atoms with E-state index in [1.807, 2.05) is 0 Å². The molecule has 3 aromatic rings. The number of carbonyl (C=O) groups excluding carboxylic acids is 2. The van der Waals surface area contributed by atoms with Gasteiger partial charge in [0.25, 0.3) is 0 Å². The fourth-order valence-electron chi connectivity index (χ4n) is 3.81. The number of nitrogens with two attached hydrogens (primary N) is 1. The van der Waals surface area contributed by atoms with E-state index in [1.54, 1.807) is 55.6 Å².